The second-order valence-corrected chi connectivity index (χ2v) is 3.67. The highest BCUT2D eigenvalue weighted by Gasteiger charge is 2.01. The fraction of sp³-hybridized carbons (Fsp3) is 0.636. The number of aryl methyl sites for hydroxylation is 1. The summed E-state index contributed by atoms with van der Waals surface area (Å²) in [6, 6.07) is 1.76. The van der Waals surface area contributed by atoms with Gasteiger partial charge in [-0.1, -0.05) is 6.92 Å². The Labute approximate surface area is 107 Å². The van der Waals surface area contributed by atoms with Gasteiger partial charge in [0.1, 0.15) is 17.5 Å². The lowest BCUT2D eigenvalue weighted by Crippen LogP contribution is -2.13. The normalized spacial score (nSPS) is 10.4. The first-order valence-corrected chi connectivity index (χ1v) is 6.07. The van der Waals surface area contributed by atoms with Crippen LogP contribution in [0.15, 0.2) is 6.07 Å². The first-order valence-electron chi connectivity index (χ1n) is 6.07. The molecule has 0 spiro atoms. The first kappa shape index (κ1) is 14.6. The van der Waals surface area contributed by atoms with Gasteiger partial charge < -0.3 is 20.6 Å². The summed E-state index contributed by atoms with van der Waals surface area (Å²) in [5, 5.41) is 11.7. The molecule has 0 atom stereocenters. The Morgan fingerprint density at radius 3 is 2.78 bits per heavy atom. The molecule has 0 aromatic carbocycles. The quantitative estimate of drug-likeness (QED) is 0.282. The Morgan fingerprint density at radius 2 is 2.11 bits per heavy atom. The lowest BCUT2D eigenvalue weighted by Gasteiger charge is -2.09. The molecule has 0 saturated carbocycles. The molecule has 0 amide bonds. The van der Waals surface area contributed by atoms with Gasteiger partial charge in [0.15, 0.2) is 0 Å². The maximum absolute atomic E-state index is 8.54. The number of aliphatic hydroxyl groups excluding tert-OH is 1. The molecule has 0 aliphatic rings. The average Bonchev–Trinajstić information content (AvgIpc) is 2.42. The van der Waals surface area contributed by atoms with E-state index in [2.05, 4.69) is 20.7 Å². The molecule has 7 nitrogen and oxygen atoms in total. The number of rotatable bonds is 9. The van der Waals surface area contributed by atoms with Crippen molar-refractivity contribution in [3.63, 3.8) is 0 Å². The molecule has 0 unspecified atom stereocenters. The van der Waals surface area contributed by atoms with Crippen LogP contribution in [-0.4, -0.2) is 41.4 Å². The minimum Gasteiger partial charge on any atom is -0.394 e. The number of hydrogen-bond acceptors (Lipinski definition) is 7. The number of hydrogen-bond donors (Lipinski definition) is 4. The molecule has 0 aliphatic carbocycles. The molecule has 0 fully saturated rings. The summed E-state index contributed by atoms with van der Waals surface area (Å²) in [5.41, 5.74) is 2.52. The van der Waals surface area contributed by atoms with Crippen LogP contribution < -0.4 is 16.6 Å². The first-order chi connectivity index (χ1) is 8.80. The fourth-order valence-electron chi connectivity index (χ4n) is 1.38. The van der Waals surface area contributed by atoms with Crippen LogP contribution in [0.4, 0.5) is 11.6 Å². The number of aliphatic hydroxyl groups is 1. The van der Waals surface area contributed by atoms with Crippen molar-refractivity contribution in [3.05, 3.63) is 11.9 Å². The summed E-state index contributed by atoms with van der Waals surface area (Å²) in [6.07, 6.45) is 1.60. The minimum atomic E-state index is 0.0602. The largest absolute Gasteiger partial charge is 0.394 e. The van der Waals surface area contributed by atoms with E-state index in [4.69, 9.17) is 15.7 Å². The smallest absolute Gasteiger partial charge is 0.145 e. The van der Waals surface area contributed by atoms with Gasteiger partial charge in [-0.25, -0.2) is 15.8 Å². The fourth-order valence-corrected chi connectivity index (χ4v) is 1.38. The monoisotopic (exact) mass is 255 g/mol. The second kappa shape index (κ2) is 8.62. The van der Waals surface area contributed by atoms with Gasteiger partial charge in [0.25, 0.3) is 0 Å². The molecule has 0 radical (unpaired) electrons. The molecule has 102 valence electrons. The summed E-state index contributed by atoms with van der Waals surface area (Å²) in [4.78, 5) is 8.53. The van der Waals surface area contributed by atoms with E-state index >= 15 is 0 Å². The van der Waals surface area contributed by atoms with Crippen LogP contribution in [0.25, 0.3) is 0 Å². The van der Waals surface area contributed by atoms with E-state index in [1.807, 2.05) is 6.92 Å². The van der Waals surface area contributed by atoms with Gasteiger partial charge >= 0.3 is 0 Å². The third kappa shape index (κ3) is 5.26. The van der Waals surface area contributed by atoms with Crippen LogP contribution in [0.3, 0.4) is 0 Å². The highest BCUT2D eigenvalue weighted by atomic mass is 16.5. The molecule has 0 saturated heterocycles. The summed E-state index contributed by atoms with van der Waals surface area (Å²) >= 11 is 0. The van der Waals surface area contributed by atoms with Crippen LogP contribution in [0, 0.1) is 0 Å². The third-order valence-corrected chi connectivity index (χ3v) is 2.24. The molecule has 1 aromatic heterocycles. The Kier molecular flexibility index (Phi) is 7.00. The van der Waals surface area contributed by atoms with E-state index in [1.54, 1.807) is 6.07 Å². The van der Waals surface area contributed by atoms with Crippen molar-refractivity contribution in [2.45, 2.75) is 19.8 Å². The van der Waals surface area contributed by atoms with Crippen molar-refractivity contribution in [1.82, 2.24) is 9.97 Å². The molecule has 1 rings (SSSR count). The second-order valence-electron chi connectivity index (χ2n) is 3.67. The van der Waals surface area contributed by atoms with E-state index in [9.17, 15) is 0 Å². The van der Waals surface area contributed by atoms with Crippen LogP contribution >= 0.6 is 0 Å². The lowest BCUT2D eigenvalue weighted by molar-refractivity contribution is 0.0922. The van der Waals surface area contributed by atoms with Gasteiger partial charge in [-0.15, -0.1) is 0 Å². The van der Waals surface area contributed by atoms with Crippen molar-refractivity contribution < 1.29 is 9.84 Å². The van der Waals surface area contributed by atoms with Crippen molar-refractivity contribution >= 4 is 11.6 Å². The summed E-state index contributed by atoms with van der Waals surface area (Å²) in [7, 11) is 0. The zero-order chi connectivity index (χ0) is 13.2. The molecule has 1 aromatic rings. The molecule has 1 heterocycles. The summed E-state index contributed by atoms with van der Waals surface area (Å²) in [6.45, 7) is 3.79. The standard InChI is InChI=1S/C11H21N5O2/c1-2-9-14-10(8-11(15-9)16-12)13-4-3-6-18-7-5-17/h8,17H,2-7,12H2,1H3,(H2,13,14,15,16). The van der Waals surface area contributed by atoms with Crippen molar-refractivity contribution in [2.24, 2.45) is 5.84 Å². The Balaban J connectivity index is 2.36. The number of nitrogens with one attached hydrogen (secondary N) is 2. The predicted molar refractivity (Wildman–Crippen MR) is 70.2 cm³/mol. The molecule has 7 heteroatoms. The predicted octanol–water partition coefficient (Wildman–Crippen LogP) is 0.135. The number of nitrogen functional groups attached to an aromatic ring is 1. The zero-order valence-electron chi connectivity index (χ0n) is 10.6. The van der Waals surface area contributed by atoms with Gasteiger partial charge in [0.2, 0.25) is 0 Å². The maximum Gasteiger partial charge on any atom is 0.145 e. The third-order valence-electron chi connectivity index (χ3n) is 2.24. The lowest BCUT2D eigenvalue weighted by atomic mass is 10.4. The van der Waals surface area contributed by atoms with E-state index in [0.29, 0.717) is 19.0 Å². The van der Waals surface area contributed by atoms with E-state index in [0.717, 1.165) is 31.0 Å². The summed E-state index contributed by atoms with van der Waals surface area (Å²) in [5.74, 6) is 7.43. The topological polar surface area (TPSA) is 105 Å². The van der Waals surface area contributed by atoms with E-state index in [1.165, 1.54) is 0 Å². The van der Waals surface area contributed by atoms with Crippen LogP contribution in [0.2, 0.25) is 0 Å². The highest BCUT2D eigenvalue weighted by molar-refractivity contribution is 5.46. The highest BCUT2D eigenvalue weighted by Crippen LogP contribution is 2.10. The Morgan fingerprint density at radius 1 is 1.33 bits per heavy atom. The Hall–Kier alpha value is -1.44. The van der Waals surface area contributed by atoms with E-state index in [-0.39, 0.29) is 6.61 Å². The number of nitrogens with two attached hydrogens (primary N) is 1. The van der Waals surface area contributed by atoms with Gasteiger partial charge in [-0.3, -0.25) is 0 Å². The van der Waals surface area contributed by atoms with Gasteiger partial charge in [0.05, 0.1) is 13.2 Å². The van der Waals surface area contributed by atoms with Gasteiger partial charge in [0, 0.05) is 25.6 Å². The van der Waals surface area contributed by atoms with Crippen LogP contribution in [0.5, 0.6) is 0 Å². The molecule has 0 aliphatic heterocycles. The maximum atomic E-state index is 8.54. The molecule has 0 bridgehead atoms. The zero-order valence-corrected chi connectivity index (χ0v) is 10.6. The van der Waals surface area contributed by atoms with Crippen molar-refractivity contribution in [2.75, 3.05) is 37.1 Å². The number of nitrogens with zero attached hydrogens (tertiary/aromatic N) is 2. The van der Waals surface area contributed by atoms with Gasteiger partial charge in [-0.2, -0.15) is 0 Å². The SMILES string of the molecule is CCc1nc(NN)cc(NCCCOCCO)n1. The molecule has 18 heavy (non-hydrogen) atoms. The summed E-state index contributed by atoms with van der Waals surface area (Å²) < 4.78 is 5.16. The average molecular weight is 255 g/mol. The molecular formula is C11H21N5O2. The number of anilines is 2. The Bertz CT molecular complexity index is 326. The van der Waals surface area contributed by atoms with E-state index < -0.39 is 0 Å². The molecule has 5 N–H and O–H groups in total. The number of hydrazine groups is 1. The van der Waals surface area contributed by atoms with Crippen LogP contribution in [-0.2, 0) is 11.2 Å². The van der Waals surface area contributed by atoms with Crippen molar-refractivity contribution in [3.8, 4) is 0 Å². The molecular weight excluding hydrogens is 234 g/mol. The number of ether oxygens (including phenoxy) is 1. The van der Waals surface area contributed by atoms with Crippen molar-refractivity contribution in [1.29, 1.82) is 0 Å². The van der Waals surface area contributed by atoms with Gasteiger partial charge in [-0.05, 0) is 6.42 Å². The minimum absolute atomic E-state index is 0.0602. The van der Waals surface area contributed by atoms with Crippen LogP contribution in [0.1, 0.15) is 19.2 Å². The number of aromatic nitrogens is 2.